The van der Waals surface area contributed by atoms with Gasteiger partial charge in [0.15, 0.2) is 5.92 Å². The molecule has 8 heteroatoms. The first-order valence-corrected chi connectivity index (χ1v) is 11.9. The molecule has 0 spiro atoms. The number of benzene rings is 2. The van der Waals surface area contributed by atoms with Crippen molar-refractivity contribution >= 4 is 22.0 Å². The van der Waals surface area contributed by atoms with Crippen LogP contribution in [-0.4, -0.2) is 33.6 Å². The van der Waals surface area contributed by atoms with Crippen LogP contribution < -0.4 is 4.72 Å². The molecule has 0 fully saturated rings. The van der Waals surface area contributed by atoms with E-state index in [1.54, 1.807) is 74.5 Å². The molecule has 0 aliphatic carbocycles. The van der Waals surface area contributed by atoms with Crippen molar-refractivity contribution in [2.75, 3.05) is 13.2 Å². The van der Waals surface area contributed by atoms with E-state index in [-0.39, 0.29) is 24.5 Å². The Labute approximate surface area is 189 Å². The molecular weight excluding hydrogens is 430 g/mol. The highest BCUT2D eigenvalue weighted by Crippen LogP contribution is 2.20. The summed E-state index contributed by atoms with van der Waals surface area (Å²) in [4.78, 5) is 24.5. The quantitative estimate of drug-likeness (QED) is 0.313. The van der Waals surface area contributed by atoms with Gasteiger partial charge in [-0.2, -0.15) is 4.72 Å². The fourth-order valence-electron chi connectivity index (χ4n) is 2.96. The van der Waals surface area contributed by atoms with Crippen molar-refractivity contribution in [2.45, 2.75) is 38.1 Å². The van der Waals surface area contributed by atoms with E-state index in [0.29, 0.717) is 5.56 Å². The van der Waals surface area contributed by atoms with Crippen molar-refractivity contribution < 1.29 is 27.5 Å². The molecule has 0 aliphatic heterocycles. The fraction of sp³-hybridized carbons (Fsp3) is 0.333. The summed E-state index contributed by atoms with van der Waals surface area (Å²) >= 11 is 0. The van der Waals surface area contributed by atoms with Gasteiger partial charge in [0.25, 0.3) is 0 Å². The molecule has 1 N–H and O–H groups in total. The minimum absolute atomic E-state index is 0.0211. The molecule has 2 aromatic carbocycles. The van der Waals surface area contributed by atoms with E-state index in [1.165, 1.54) is 0 Å². The molecule has 32 heavy (non-hydrogen) atoms. The third-order valence-electron chi connectivity index (χ3n) is 4.61. The minimum atomic E-state index is -3.81. The summed E-state index contributed by atoms with van der Waals surface area (Å²) in [5, 5.41) is 0. The average molecular weight is 460 g/mol. The molecule has 0 aromatic heterocycles. The molecule has 2 aromatic rings. The normalized spacial score (nSPS) is 12.6. The maximum atomic E-state index is 12.9. The molecular formula is C24H29NO6S. The van der Waals surface area contributed by atoms with E-state index in [4.69, 9.17) is 9.47 Å². The van der Waals surface area contributed by atoms with Gasteiger partial charge in [0.05, 0.1) is 24.2 Å². The first-order chi connectivity index (χ1) is 15.3. The van der Waals surface area contributed by atoms with E-state index < -0.39 is 33.9 Å². The van der Waals surface area contributed by atoms with Crippen LogP contribution in [0, 0.1) is 12.8 Å². The zero-order chi connectivity index (χ0) is 23.6. The molecule has 0 saturated carbocycles. The number of sulfonamides is 1. The van der Waals surface area contributed by atoms with Crippen molar-refractivity contribution in [3.8, 4) is 0 Å². The van der Waals surface area contributed by atoms with Crippen LogP contribution in [-0.2, 0) is 29.1 Å². The van der Waals surface area contributed by atoms with E-state index in [2.05, 4.69) is 4.72 Å². The van der Waals surface area contributed by atoms with Gasteiger partial charge in [-0.1, -0.05) is 60.2 Å². The third-order valence-corrected chi connectivity index (χ3v) is 6.07. The highest BCUT2D eigenvalue weighted by atomic mass is 32.2. The van der Waals surface area contributed by atoms with Gasteiger partial charge >= 0.3 is 11.9 Å². The van der Waals surface area contributed by atoms with Gasteiger partial charge in [0, 0.05) is 0 Å². The highest BCUT2D eigenvalue weighted by Gasteiger charge is 2.28. The van der Waals surface area contributed by atoms with Gasteiger partial charge in [-0.15, -0.1) is 0 Å². The predicted molar refractivity (Wildman–Crippen MR) is 121 cm³/mol. The second kappa shape index (κ2) is 12.2. The molecule has 0 unspecified atom stereocenters. The zero-order valence-corrected chi connectivity index (χ0v) is 19.3. The van der Waals surface area contributed by atoms with Gasteiger partial charge in [-0.05, 0) is 44.9 Å². The summed E-state index contributed by atoms with van der Waals surface area (Å²) in [6.07, 6.45) is 3.23. The number of carbonyl (C=O) groups excluding carboxylic acids is 2. The van der Waals surface area contributed by atoms with Crippen molar-refractivity contribution in [1.82, 2.24) is 4.72 Å². The van der Waals surface area contributed by atoms with Crippen LogP contribution in [0.2, 0.25) is 0 Å². The number of rotatable bonds is 11. The zero-order valence-electron chi connectivity index (χ0n) is 18.5. The van der Waals surface area contributed by atoms with Crippen LogP contribution in [0.4, 0.5) is 0 Å². The van der Waals surface area contributed by atoms with Crippen molar-refractivity contribution in [1.29, 1.82) is 0 Å². The Hall–Kier alpha value is -2.97. The number of aryl methyl sites for hydroxylation is 1. The van der Waals surface area contributed by atoms with Crippen molar-refractivity contribution in [2.24, 2.45) is 5.92 Å². The summed E-state index contributed by atoms with van der Waals surface area (Å²) < 4.78 is 38.5. The molecule has 0 saturated heterocycles. The smallest absolute Gasteiger partial charge is 0.320 e. The number of nitrogens with one attached hydrogen (secondary N) is 1. The Bertz CT molecular complexity index is 998. The first kappa shape index (κ1) is 25.3. The Morgan fingerprint density at radius 2 is 1.50 bits per heavy atom. The second-order valence-corrected chi connectivity index (χ2v) is 8.76. The largest absolute Gasteiger partial charge is 0.465 e. The number of hydrogen-bond acceptors (Lipinski definition) is 6. The van der Waals surface area contributed by atoms with Crippen LogP contribution >= 0.6 is 0 Å². The maximum Gasteiger partial charge on any atom is 0.320 e. The molecule has 7 nitrogen and oxygen atoms in total. The van der Waals surface area contributed by atoms with Gasteiger partial charge in [-0.25, -0.2) is 8.42 Å². The Balaban J connectivity index is 2.27. The van der Waals surface area contributed by atoms with Crippen molar-refractivity contribution in [3.63, 3.8) is 0 Å². The van der Waals surface area contributed by atoms with Gasteiger partial charge in [-0.3, -0.25) is 9.59 Å². The lowest BCUT2D eigenvalue weighted by Crippen LogP contribution is -2.29. The molecule has 2 rings (SSSR count). The first-order valence-electron chi connectivity index (χ1n) is 10.4. The molecule has 172 valence electrons. The summed E-state index contributed by atoms with van der Waals surface area (Å²) in [5.74, 6) is -2.46. The Kier molecular flexibility index (Phi) is 9.61. The summed E-state index contributed by atoms with van der Waals surface area (Å²) in [7, 11) is -3.81. The molecule has 0 heterocycles. The van der Waals surface area contributed by atoms with Gasteiger partial charge < -0.3 is 9.47 Å². The van der Waals surface area contributed by atoms with Crippen LogP contribution in [0.1, 0.15) is 37.4 Å². The van der Waals surface area contributed by atoms with Gasteiger partial charge in [0.1, 0.15) is 0 Å². The average Bonchev–Trinajstić information content (AvgIpc) is 2.77. The Morgan fingerprint density at radius 1 is 0.938 bits per heavy atom. The van der Waals surface area contributed by atoms with Crippen LogP contribution in [0.15, 0.2) is 71.6 Å². The van der Waals surface area contributed by atoms with Crippen LogP contribution in [0.3, 0.4) is 0 Å². The van der Waals surface area contributed by atoms with Crippen LogP contribution in [0.25, 0.3) is 0 Å². The lowest BCUT2D eigenvalue weighted by Gasteiger charge is -2.17. The number of allylic oxidation sites excluding steroid dienone is 1. The molecule has 1 atom stereocenters. The van der Waals surface area contributed by atoms with E-state index >= 15 is 0 Å². The minimum Gasteiger partial charge on any atom is -0.465 e. The lowest BCUT2D eigenvalue weighted by molar-refractivity contribution is -0.161. The molecule has 0 bridgehead atoms. The molecule has 0 radical (unpaired) electrons. The van der Waals surface area contributed by atoms with E-state index in [1.807, 2.05) is 13.0 Å². The second-order valence-electron chi connectivity index (χ2n) is 7.04. The standard InChI is InChI=1S/C24H29NO6S/c1-4-30-23(26)21(24(27)31-5-2)12-9-13-22(19-10-7-6-8-11-19)25-32(28,29)20-16-14-18(3)15-17-20/h6-11,13-17,21-22,25H,4-5,12H2,1-3H3/b13-9+/t22-/m0/s1. The summed E-state index contributed by atoms with van der Waals surface area (Å²) in [6.45, 7) is 5.47. The number of hydrogen-bond donors (Lipinski definition) is 1. The summed E-state index contributed by atoms with van der Waals surface area (Å²) in [5.41, 5.74) is 1.66. The fourth-order valence-corrected chi connectivity index (χ4v) is 4.14. The summed E-state index contributed by atoms with van der Waals surface area (Å²) in [6, 6.07) is 14.9. The van der Waals surface area contributed by atoms with Crippen LogP contribution in [0.5, 0.6) is 0 Å². The lowest BCUT2D eigenvalue weighted by atomic mass is 10.0. The SMILES string of the molecule is CCOC(=O)C(C/C=C/[C@H](NS(=O)(=O)c1ccc(C)cc1)c1ccccc1)C(=O)OCC. The van der Waals surface area contributed by atoms with E-state index in [9.17, 15) is 18.0 Å². The van der Waals surface area contributed by atoms with Gasteiger partial charge in [0.2, 0.25) is 10.0 Å². The third kappa shape index (κ3) is 7.32. The molecule has 0 amide bonds. The number of ether oxygens (including phenoxy) is 2. The van der Waals surface area contributed by atoms with Crippen molar-refractivity contribution in [3.05, 3.63) is 77.9 Å². The highest BCUT2D eigenvalue weighted by molar-refractivity contribution is 7.89. The monoisotopic (exact) mass is 459 g/mol. The van der Waals surface area contributed by atoms with E-state index in [0.717, 1.165) is 5.56 Å². The topological polar surface area (TPSA) is 98.8 Å². The molecule has 0 aliphatic rings. The predicted octanol–water partition coefficient (Wildman–Crippen LogP) is 3.70. The number of esters is 2. The Morgan fingerprint density at radius 3 is 2.03 bits per heavy atom. The maximum absolute atomic E-state index is 12.9. The number of carbonyl (C=O) groups is 2.